The molecule has 0 radical (unpaired) electrons. The second-order valence-corrected chi connectivity index (χ2v) is 7.09. The van der Waals surface area contributed by atoms with Crippen molar-refractivity contribution in [3.05, 3.63) is 57.8 Å². The highest BCUT2D eigenvalue weighted by molar-refractivity contribution is 9.10. The topological polar surface area (TPSA) is 83.4 Å². The molecule has 0 atom stereocenters. The number of benzene rings is 1. The van der Waals surface area contributed by atoms with Gasteiger partial charge in [0.15, 0.2) is 0 Å². The van der Waals surface area contributed by atoms with E-state index in [0.717, 1.165) is 23.0 Å². The van der Waals surface area contributed by atoms with E-state index in [0.29, 0.717) is 24.2 Å². The van der Waals surface area contributed by atoms with Crippen molar-refractivity contribution in [2.24, 2.45) is 7.05 Å². The zero-order valence-electron chi connectivity index (χ0n) is 14.3. The summed E-state index contributed by atoms with van der Waals surface area (Å²) in [5.74, 6) is -0.645. The van der Waals surface area contributed by atoms with E-state index >= 15 is 0 Å². The van der Waals surface area contributed by atoms with Crippen LogP contribution in [0.25, 0.3) is 0 Å². The zero-order chi connectivity index (χ0) is 18.7. The Morgan fingerprint density at radius 3 is 2.42 bits per heavy atom. The third-order valence-corrected chi connectivity index (χ3v) is 4.69. The molecular weight excluding hydrogens is 400 g/mol. The second kappa shape index (κ2) is 7.74. The number of carbonyl (C=O) groups excluding carboxylic acids is 3. The quantitative estimate of drug-likeness (QED) is 0.744. The minimum atomic E-state index is -0.407. The fourth-order valence-corrected chi connectivity index (χ4v) is 3.38. The summed E-state index contributed by atoms with van der Waals surface area (Å²) in [6.45, 7) is 1.34. The molecule has 7 nitrogen and oxygen atoms in total. The van der Waals surface area contributed by atoms with Gasteiger partial charge in [-0.2, -0.15) is 0 Å². The number of hydrazine groups is 1. The summed E-state index contributed by atoms with van der Waals surface area (Å²) in [5, 5.41) is 0. The molecule has 0 saturated carbocycles. The fourth-order valence-electron chi connectivity index (χ4n) is 2.85. The number of nitrogens with zero attached hydrogens (tertiary/aromatic N) is 2. The maximum absolute atomic E-state index is 12.2. The van der Waals surface area contributed by atoms with Crippen LogP contribution in [0.4, 0.5) is 0 Å². The van der Waals surface area contributed by atoms with Crippen molar-refractivity contribution in [1.29, 1.82) is 0 Å². The lowest BCUT2D eigenvalue weighted by Crippen LogP contribution is -2.42. The molecule has 2 heterocycles. The molecular formula is C18H19BrN4O3. The number of likely N-dealkylation sites (tertiary alicyclic amines) is 1. The van der Waals surface area contributed by atoms with Gasteiger partial charge in [-0.15, -0.1) is 0 Å². The number of aromatic nitrogens is 1. The highest BCUT2D eigenvalue weighted by Crippen LogP contribution is 2.15. The molecule has 2 N–H and O–H groups in total. The summed E-state index contributed by atoms with van der Waals surface area (Å²) in [6, 6.07) is 8.65. The molecule has 0 aliphatic carbocycles. The van der Waals surface area contributed by atoms with Crippen LogP contribution in [-0.2, 0) is 18.4 Å². The van der Waals surface area contributed by atoms with Crippen LogP contribution >= 0.6 is 15.9 Å². The van der Waals surface area contributed by atoms with Crippen LogP contribution in [0.2, 0.25) is 0 Å². The predicted molar refractivity (Wildman–Crippen MR) is 99.1 cm³/mol. The van der Waals surface area contributed by atoms with E-state index in [1.807, 2.05) is 17.0 Å². The SMILES string of the molecule is Cn1cc(Br)cc1C(=O)NNC(=O)c1ccc(CN2CCCC2=O)cc1. The van der Waals surface area contributed by atoms with Crippen molar-refractivity contribution in [3.8, 4) is 0 Å². The van der Waals surface area contributed by atoms with Crippen molar-refractivity contribution in [2.45, 2.75) is 19.4 Å². The molecule has 1 saturated heterocycles. The molecule has 3 amide bonds. The van der Waals surface area contributed by atoms with Crippen molar-refractivity contribution in [3.63, 3.8) is 0 Å². The average molecular weight is 419 g/mol. The number of carbonyl (C=O) groups is 3. The Hall–Kier alpha value is -2.61. The number of rotatable bonds is 4. The Bertz CT molecular complexity index is 845. The Kier molecular flexibility index (Phi) is 5.41. The number of halogens is 1. The minimum absolute atomic E-state index is 0.168. The fraction of sp³-hybridized carbons (Fsp3) is 0.278. The first-order valence-electron chi connectivity index (χ1n) is 8.23. The predicted octanol–water partition coefficient (Wildman–Crippen LogP) is 1.98. The largest absolute Gasteiger partial charge is 0.345 e. The van der Waals surface area contributed by atoms with Crippen molar-refractivity contribution in [2.75, 3.05) is 6.54 Å². The average Bonchev–Trinajstić information content (AvgIpc) is 3.18. The van der Waals surface area contributed by atoms with E-state index < -0.39 is 11.8 Å². The smallest absolute Gasteiger partial charge is 0.286 e. The number of hydrogen-bond donors (Lipinski definition) is 2. The first kappa shape index (κ1) is 18.2. The molecule has 136 valence electrons. The molecule has 1 aromatic carbocycles. The number of aryl methyl sites for hydroxylation is 1. The lowest BCUT2D eigenvalue weighted by molar-refractivity contribution is -0.128. The van der Waals surface area contributed by atoms with Gasteiger partial charge in [-0.3, -0.25) is 25.2 Å². The van der Waals surface area contributed by atoms with Gasteiger partial charge >= 0.3 is 0 Å². The molecule has 2 aromatic rings. The Labute approximate surface area is 159 Å². The summed E-state index contributed by atoms with van der Waals surface area (Å²) >= 11 is 3.30. The molecule has 1 fully saturated rings. The highest BCUT2D eigenvalue weighted by atomic mass is 79.9. The molecule has 3 rings (SSSR count). The summed E-state index contributed by atoms with van der Waals surface area (Å²) in [7, 11) is 1.74. The molecule has 0 unspecified atom stereocenters. The number of hydrogen-bond acceptors (Lipinski definition) is 3. The first-order chi connectivity index (χ1) is 12.4. The first-order valence-corrected chi connectivity index (χ1v) is 9.02. The van der Waals surface area contributed by atoms with Gasteiger partial charge in [-0.25, -0.2) is 0 Å². The van der Waals surface area contributed by atoms with Gasteiger partial charge in [0.1, 0.15) is 5.69 Å². The van der Waals surface area contributed by atoms with Crippen molar-refractivity contribution < 1.29 is 14.4 Å². The van der Waals surface area contributed by atoms with Gasteiger partial charge < -0.3 is 9.47 Å². The third-order valence-electron chi connectivity index (χ3n) is 4.25. The van der Waals surface area contributed by atoms with Crippen molar-refractivity contribution >= 4 is 33.7 Å². The maximum atomic E-state index is 12.2. The molecule has 0 spiro atoms. The summed E-state index contributed by atoms with van der Waals surface area (Å²) in [4.78, 5) is 37.7. The monoisotopic (exact) mass is 418 g/mol. The van der Waals surface area contributed by atoms with Crippen LogP contribution in [0.3, 0.4) is 0 Å². The Balaban J connectivity index is 1.55. The van der Waals surface area contributed by atoms with E-state index in [-0.39, 0.29) is 5.91 Å². The second-order valence-electron chi connectivity index (χ2n) is 6.18. The van der Waals surface area contributed by atoms with Gasteiger partial charge in [0.25, 0.3) is 11.8 Å². The van der Waals surface area contributed by atoms with Crippen LogP contribution in [0, 0.1) is 0 Å². The number of nitrogens with one attached hydrogen (secondary N) is 2. The van der Waals surface area contributed by atoms with Crippen LogP contribution in [0.15, 0.2) is 41.0 Å². The van der Waals surface area contributed by atoms with E-state index in [2.05, 4.69) is 26.8 Å². The molecule has 1 aromatic heterocycles. The lowest BCUT2D eigenvalue weighted by atomic mass is 10.1. The van der Waals surface area contributed by atoms with Crippen LogP contribution in [0.5, 0.6) is 0 Å². The molecule has 1 aliphatic rings. The van der Waals surface area contributed by atoms with Gasteiger partial charge in [-0.05, 0) is 46.1 Å². The zero-order valence-corrected chi connectivity index (χ0v) is 15.9. The Morgan fingerprint density at radius 2 is 1.85 bits per heavy atom. The molecule has 8 heteroatoms. The van der Waals surface area contributed by atoms with Crippen LogP contribution in [-0.4, -0.2) is 33.7 Å². The van der Waals surface area contributed by atoms with E-state index in [1.165, 1.54) is 0 Å². The van der Waals surface area contributed by atoms with Gasteiger partial charge in [0, 0.05) is 42.8 Å². The maximum Gasteiger partial charge on any atom is 0.286 e. The highest BCUT2D eigenvalue weighted by Gasteiger charge is 2.20. The molecule has 26 heavy (non-hydrogen) atoms. The minimum Gasteiger partial charge on any atom is -0.345 e. The van der Waals surface area contributed by atoms with Crippen molar-refractivity contribution in [1.82, 2.24) is 20.3 Å². The van der Waals surface area contributed by atoms with Gasteiger partial charge in [0.05, 0.1) is 0 Å². The third kappa shape index (κ3) is 4.13. The normalized spacial score (nSPS) is 13.8. The van der Waals surface area contributed by atoms with E-state index in [4.69, 9.17) is 0 Å². The van der Waals surface area contributed by atoms with Crippen LogP contribution in [0.1, 0.15) is 39.3 Å². The van der Waals surface area contributed by atoms with Crippen LogP contribution < -0.4 is 10.9 Å². The summed E-state index contributed by atoms with van der Waals surface area (Å²) < 4.78 is 2.43. The van der Waals surface area contributed by atoms with Gasteiger partial charge in [0.2, 0.25) is 5.91 Å². The molecule has 0 bridgehead atoms. The Morgan fingerprint density at radius 1 is 1.15 bits per heavy atom. The number of amides is 3. The molecule has 1 aliphatic heterocycles. The van der Waals surface area contributed by atoms with Gasteiger partial charge in [-0.1, -0.05) is 12.1 Å². The standard InChI is InChI=1S/C18H19BrN4O3/c1-22-11-14(19)9-15(22)18(26)21-20-17(25)13-6-4-12(5-7-13)10-23-8-2-3-16(23)24/h4-7,9,11H,2-3,8,10H2,1H3,(H,20,25)(H,21,26). The van der Waals surface area contributed by atoms with E-state index in [9.17, 15) is 14.4 Å². The summed E-state index contributed by atoms with van der Waals surface area (Å²) in [6.07, 6.45) is 3.26. The lowest BCUT2D eigenvalue weighted by Gasteiger charge is -2.15. The summed E-state index contributed by atoms with van der Waals surface area (Å²) in [5.41, 5.74) is 6.61. The van der Waals surface area contributed by atoms with E-state index in [1.54, 1.807) is 36.0 Å².